The Morgan fingerprint density at radius 2 is 1.97 bits per heavy atom. The Morgan fingerprint density at radius 3 is 2.76 bits per heavy atom. The lowest BCUT2D eigenvalue weighted by molar-refractivity contribution is 0.102. The van der Waals surface area contributed by atoms with E-state index >= 15 is 0 Å². The van der Waals surface area contributed by atoms with Gasteiger partial charge in [-0.05, 0) is 29.8 Å². The van der Waals surface area contributed by atoms with Gasteiger partial charge < -0.3 is 4.42 Å². The van der Waals surface area contributed by atoms with Crippen LogP contribution < -0.4 is 10.9 Å². The van der Waals surface area contributed by atoms with Gasteiger partial charge in [-0.15, -0.1) is 10.2 Å². The average Bonchev–Trinajstić information content (AvgIpc) is 3.19. The second-order valence-corrected chi connectivity index (χ2v) is 8.11. The number of carbonyl (C=O) groups excluding carboxylic acids is 1. The molecule has 29 heavy (non-hydrogen) atoms. The minimum Gasteiger partial charge on any atom is -0.422 e. The number of hydrogen-bond acceptors (Lipinski definition) is 8. The number of nitriles is 1. The molecule has 0 spiro atoms. The fourth-order valence-electron chi connectivity index (χ4n) is 2.52. The highest BCUT2D eigenvalue weighted by Gasteiger charge is 2.16. The molecule has 0 aliphatic rings. The first-order valence-corrected chi connectivity index (χ1v) is 10.2. The predicted molar refractivity (Wildman–Crippen MR) is 111 cm³/mol. The molecule has 0 saturated carbocycles. The van der Waals surface area contributed by atoms with E-state index in [-0.39, 0.29) is 5.56 Å². The standard InChI is InChI=1S/C20H12N4O3S2/c21-10-12-5-7-13(8-6-12)11-28-20-24-23-19(29-20)22-17(25)15-9-14-3-1-2-4-16(14)27-18(15)26/h1-9H,11H2,(H,22,23,25). The summed E-state index contributed by atoms with van der Waals surface area (Å²) in [6.07, 6.45) is 0. The molecule has 4 rings (SSSR count). The number of aromatic nitrogens is 2. The van der Waals surface area contributed by atoms with Crippen LogP contribution in [0.1, 0.15) is 21.5 Å². The Hall–Kier alpha value is -3.48. The summed E-state index contributed by atoms with van der Waals surface area (Å²) in [7, 11) is 0. The van der Waals surface area contributed by atoms with Crippen LogP contribution in [0.3, 0.4) is 0 Å². The van der Waals surface area contributed by atoms with E-state index in [9.17, 15) is 9.59 Å². The monoisotopic (exact) mass is 420 g/mol. The van der Waals surface area contributed by atoms with Gasteiger partial charge in [-0.2, -0.15) is 5.26 Å². The maximum absolute atomic E-state index is 12.5. The molecule has 142 valence electrons. The number of para-hydroxylation sites is 1. The molecule has 9 heteroatoms. The number of fused-ring (bicyclic) bond motifs is 1. The van der Waals surface area contributed by atoms with Gasteiger partial charge in [0, 0.05) is 11.1 Å². The zero-order valence-corrected chi connectivity index (χ0v) is 16.4. The number of nitrogens with zero attached hydrogens (tertiary/aromatic N) is 3. The van der Waals surface area contributed by atoms with Crippen LogP contribution in [0.5, 0.6) is 0 Å². The van der Waals surface area contributed by atoms with Crippen molar-refractivity contribution in [3.8, 4) is 6.07 Å². The largest absolute Gasteiger partial charge is 0.422 e. The van der Waals surface area contributed by atoms with Gasteiger partial charge in [0.15, 0.2) is 4.34 Å². The molecule has 4 aromatic rings. The van der Waals surface area contributed by atoms with E-state index in [4.69, 9.17) is 9.68 Å². The Morgan fingerprint density at radius 1 is 1.17 bits per heavy atom. The molecule has 0 bridgehead atoms. The Balaban J connectivity index is 1.43. The molecule has 1 amide bonds. The van der Waals surface area contributed by atoms with Crippen LogP contribution in [0.4, 0.5) is 5.13 Å². The van der Waals surface area contributed by atoms with Crippen molar-refractivity contribution in [1.29, 1.82) is 5.26 Å². The molecule has 2 aromatic heterocycles. The van der Waals surface area contributed by atoms with Gasteiger partial charge in [0.2, 0.25) is 5.13 Å². The highest BCUT2D eigenvalue weighted by atomic mass is 32.2. The van der Waals surface area contributed by atoms with Gasteiger partial charge in [-0.1, -0.05) is 53.4 Å². The summed E-state index contributed by atoms with van der Waals surface area (Å²) in [6, 6.07) is 17.8. The number of amides is 1. The smallest absolute Gasteiger partial charge is 0.349 e. The number of benzene rings is 2. The number of carbonyl (C=O) groups is 1. The number of thioether (sulfide) groups is 1. The van der Waals surface area contributed by atoms with Crippen LogP contribution >= 0.6 is 23.1 Å². The van der Waals surface area contributed by atoms with Crippen molar-refractivity contribution >= 4 is 45.1 Å². The molecule has 0 fully saturated rings. The number of anilines is 1. The first-order valence-electron chi connectivity index (χ1n) is 8.42. The van der Waals surface area contributed by atoms with E-state index in [1.54, 1.807) is 36.4 Å². The first-order chi connectivity index (χ1) is 14.1. The third kappa shape index (κ3) is 4.34. The molecular formula is C20H12N4O3S2. The van der Waals surface area contributed by atoms with E-state index in [1.165, 1.54) is 29.2 Å². The lowest BCUT2D eigenvalue weighted by Gasteiger charge is -2.01. The molecule has 0 unspecified atom stereocenters. The third-order valence-electron chi connectivity index (χ3n) is 3.96. The van der Waals surface area contributed by atoms with Crippen LogP contribution in [0.2, 0.25) is 0 Å². The molecule has 0 atom stereocenters. The molecule has 2 heterocycles. The topological polar surface area (TPSA) is 109 Å². The Bertz CT molecular complexity index is 1290. The van der Waals surface area contributed by atoms with E-state index in [2.05, 4.69) is 21.6 Å². The van der Waals surface area contributed by atoms with Crippen LogP contribution in [0.25, 0.3) is 11.0 Å². The number of hydrogen-bond donors (Lipinski definition) is 1. The SMILES string of the molecule is N#Cc1ccc(CSc2nnc(NC(=O)c3cc4ccccc4oc3=O)s2)cc1. The average molecular weight is 420 g/mol. The van der Waals surface area contributed by atoms with Crippen LogP contribution in [0, 0.1) is 11.3 Å². The molecule has 0 aliphatic heterocycles. The van der Waals surface area contributed by atoms with Gasteiger partial charge in [0.1, 0.15) is 11.1 Å². The Labute approximate surface area is 173 Å². The molecule has 2 aromatic carbocycles. The summed E-state index contributed by atoms with van der Waals surface area (Å²) in [5.41, 5.74) is 1.28. The molecule has 0 radical (unpaired) electrons. The van der Waals surface area contributed by atoms with E-state index in [0.29, 0.717) is 31.8 Å². The predicted octanol–water partition coefficient (Wildman–Crippen LogP) is 4.06. The molecule has 1 N–H and O–H groups in total. The van der Waals surface area contributed by atoms with Crippen molar-refractivity contribution in [2.24, 2.45) is 0 Å². The van der Waals surface area contributed by atoms with Gasteiger partial charge >= 0.3 is 5.63 Å². The number of nitrogens with one attached hydrogen (secondary N) is 1. The quantitative estimate of drug-likeness (QED) is 0.294. The van der Waals surface area contributed by atoms with Gasteiger partial charge in [-0.25, -0.2) is 4.79 Å². The lowest BCUT2D eigenvalue weighted by atomic mass is 10.2. The molecule has 7 nitrogen and oxygen atoms in total. The first kappa shape index (κ1) is 18.9. The highest BCUT2D eigenvalue weighted by molar-refractivity contribution is 8.00. The van der Waals surface area contributed by atoms with Crippen molar-refractivity contribution in [2.45, 2.75) is 10.1 Å². The minimum absolute atomic E-state index is 0.0920. The summed E-state index contributed by atoms with van der Waals surface area (Å²) in [6.45, 7) is 0. The van der Waals surface area contributed by atoms with Gasteiger partial charge in [-0.3, -0.25) is 10.1 Å². The summed E-state index contributed by atoms with van der Waals surface area (Å²) >= 11 is 2.68. The van der Waals surface area contributed by atoms with Crippen molar-refractivity contribution < 1.29 is 9.21 Å². The van der Waals surface area contributed by atoms with E-state index < -0.39 is 11.5 Å². The van der Waals surface area contributed by atoms with E-state index in [1.807, 2.05) is 12.1 Å². The normalized spacial score (nSPS) is 10.6. The maximum Gasteiger partial charge on any atom is 0.349 e. The second-order valence-electron chi connectivity index (χ2n) is 5.91. The third-order valence-corrected chi connectivity index (χ3v) is 6.00. The summed E-state index contributed by atoms with van der Waals surface area (Å²) in [5.74, 6) is 0.0621. The fraction of sp³-hybridized carbons (Fsp3) is 0.0500. The van der Waals surface area contributed by atoms with Crippen molar-refractivity contribution in [2.75, 3.05) is 5.32 Å². The zero-order chi connectivity index (χ0) is 20.2. The Kier molecular flexibility index (Phi) is 5.37. The summed E-state index contributed by atoms with van der Waals surface area (Å²) in [4.78, 5) is 24.6. The van der Waals surface area contributed by atoms with E-state index in [0.717, 1.165) is 5.56 Å². The lowest BCUT2D eigenvalue weighted by Crippen LogP contribution is -2.20. The van der Waals surface area contributed by atoms with Crippen LogP contribution in [-0.2, 0) is 5.75 Å². The van der Waals surface area contributed by atoms with Crippen LogP contribution in [-0.4, -0.2) is 16.1 Å². The molecule has 0 saturated heterocycles. The zero-order valence-electron chi connectivity index (χ0n) is 14.8. The van der Waals surface area contributed by atoms with Crippen LogP contribution in [0.15, 0.2) is 68.1 Å². The molecule has 0 aliphatic carbocycles. The summed E-state index contributed by atoms with van der Waals surface area (Å²) < 4.78 is 5.86. The highest BCUT2D eigenvalue weighted by Crippen LogP contribution is 2.28. The summed E-state index contributed by atoms with van der Waals surface area (Å²) in [5, 5.41) is 20.4. The minimum atomic E-state index is -0.707. The van der Waals surface area contributed by atoms with Crippen molar-refractivity contribution in [3.63, 3.8) is 0 Å². The van der Waals surface area contributed by atoms with Crippen molar-refractivity contribution in [1.82, 2.24) is 10.2 Å². The maximum atomic E-state index is 12.5. The number of rotatable bonds is 5. The molecular weight excluding hydrogens is 408 g/mol. The fourth-order valence-corrected chi connectivity index (χ4v) is 4.23. The van der Waals surface area contributed by atoms with Gasteiger partial charge in [0.05, 0.1) is 11.6 Å². The van der Waals surface area contributed by atoms with Crippen molar-refractivity contribution in [3.05, 3.63) is 81.7 Å². The second kappa shape index (κ2) is 8.26. The van der Waals surface area contributed by atoms with Gasteiger partial charge in [0.25, 0.3) is 5.91 Å².